The number of allylic oxidation sites excluding steroid dienone is 2. The lowest BCUT2D eigenvalue weighted by molar-refractivity contribution is -0.109. The summed E-state index contributed by atoms with van der Waals surface area (Å²) in [4.78, 5) is 12.0. The Labute approximate surface area is 134 Å². The summed E-state index contributed by atoms with van der Waals surface area (Å²) in [6.07, 6.45) is -2.12. The Morgan fingerprint density at radius 2 is 1.87 bits per heavy atom. The van der Waals surface area contributed by atoms with Crippen molar-refractivity contribution in [2.24, 2.45) is 5.10 Å². The van der Waals surface area contributed by atoms with Crippen molar-refractivity contribution in [3.05, 3.63) is 42.0 Å². The van der Waals surface area contributed by atoms with Gasteiger partial charge in [0.05, 0.1) is 5.57 Å². The van der Waals surface area contributed by atoms with Crippen LogP contribution in [-0.4, -0.2) is 36.3 Å². The molecule has 0 aliphatic heterocycles. The van der Waals surface area contributed by atoms with Crippen molar-refractivity contribution < 1.29 is 18.0 Å². The lowest BCUT2D eigenvalue weighted by Crippen LogP contribution is -2.20. The number of nitrogens with zero attached hydrogens (tertiary/aromatic N) is 2. The van der Waals surface area contributed by atoms with Crippen LogP contribution in [0.1, 0.15) is 32.3 Å². The molecule has 0 saturated carbocycles. The van der Waals surface area contributed by atoms with E-state index in [0.29, 0.717) is 12.6 Å². The summed E-state index contributed by atoms with van der Waals surface area (Å²) in [6, 6.07) is 7.27. The highest BCUT2D eigenvalue weighted by Gasteiger charge is 2.35. The van der Waals surface area contributed by atoms with Crippen LogP contribution in [0, 0.1) is 0 Å². The third-order valence-corrected chi connectivity index (χ3v) is 3.18. The number of alkyl halides is 3. The van der Waals surface area contributed by atoms with Crippen molar-refractivity contribution in [1.82, 2.24) is 5.01 Å². The number of hydrogen-bond acceptors (Lipinski definition) is 3. The molecular weight excluding hydrogens is 305 g/mol. The van der Waals surface area contributed by atoms with Gasteiger partial charge in [-0.05, 0) is 18.9 Å². The summed E-state index contributed by atoms with van der Waals surface area (Å²) in [5.41, 5.74) is -0.976. The van der Waals surface area contributed by atoms with Crippen LogP contribution in [0.2, 0.25) is 0 Å². The van der Waals surface area contributed by atoms with Crippen LogP contribution in [0.5, 0.6) is 0 Å². The number of rotatable bonds is 7. The van der Waals surface area contributed by atoms with E-state index in [1.807, 2.05) is 6.92 Å². The van der Waals surface area contributed by atoms with Crippen LogP contribution in [0.25, 0.3) is 5.57 Å². The molecule has 0 N–H and O–H groups in total. The third-order valence-electron chi connectivity index (χ3n) is 3.18. The predicted octanol–water partition coefficient (Wildman–Crippen LogP) is 4.31. The number of hydrogen-bond donors (Lipinski definition) is 0. The molecule has 0 fully saturated rings. The average molecular weight is 326 g/mol. The summed E-state index contributed by atoms with van der Waals surface area (Å²) >= 11 is 0. The maximum atomic E-state index is 13.2. The average Bonchev–Trinajstić information content (AvgIpc) is 2.49. The Kier molecular flexibility index (Phi) is 7.00. The Balaban J connectivity index is 3.03. The van der Waals surface area contributed by atoms with E-state index in [0.717, 1.165) is 12.8 Å². The molecule has 0 saturated heterocycles. The normalized spacial score (nSPS) is 13.1. The minimum atomic E-state index is -4.61. The van der Waals surface area contributed by atoms with Crippen molar-refractivity contribution in [1.29, 1.82) is 0 Å². The van der Waals surface area contributed by atoms with Crippen LogP contribution in [0.15, 0.2) is 41.5 Å². The topological polar surface area (TPSA) is 32.7 Å². The minimum absolute atomic E-state index is 0.0290. The fraction of sp³-hybridized carbons (Fsp3) is 0.412. The monoisotopic (exact) mass is 326 g/mol. The van der Waals surface area contributed by atoms with E-state index in [-0.39, 0.29) is 11.3 Å². The van der Waals surface area contributed by atoms with Gasteiger partial charge in [-0.15, -0.1) is 0 Å². The van der Waals surface area contributed by atoms with Crippen LogP contribution < -0.4 is 0 Å². The molecule has 0 bridgehead atoms. The predicted molar refractivity (Wildman–Crippen MR) is 86.1 cm³/mol. The molecule has 0 atom stereocenters. The fourth-order valence-corrected chi connectivity index (χ4v) is 1.92. The van der Waals surface area contributed by atoms with E-state index in [1.54, 1.807) is 18.1 Å². The molecule has 6 heteroatoms. The highest BCUT2D eigenvalue weighted by Crippen LogP contribution is 2.33. The second-order valence-electron chi connectivity index (χ2n) is 5.21. The van der Waals surface area contributed by atoms with Gasteiger partial charge in [0, 0.05) is 19.7 Å². The largest absolute Gasteiger partial charge is 0.417 e. The number of ketones is 1. The second kappa shape index (κ2) is 8.50. The molecule has 0 amide bonds. The molecule has 0 aromatic heterocycles. The van der Waals surface area contributed by atoms with Crippen LogP contribution in [-0.2, 0) is 4.79 Å². The third kappa shape index (κ3) is 6.26. The zero-order chi connectivity index (χ0) is 17.5. The van der Waals surface area contributed by atoms with Crippen LogP contribution in [0.3, 0.4) is 0 Å². The first kappa shape index (κ1) is 18.9. The highest BCUT2D eigenvalue weighted by molar-refractivity contribution is 6.44. The minimum Gasteiger partial charge on any atom is -0.300 e. The summed E-state index contributed by atoms with van der Waals surface area (Å²) in [5.74, 6) is -0.746. The first-order chi connectivity index (χ1) is 10.8. The molecule has 0 unspecified atom stereocenters. The van der Waals surface area contributed by atoms with E-state index in [4.69, 9.17) is 0 Å². The molecule has 126 valence electrons. The van der Waals surface area contributed by atoms with Crippen molar-refractivity contribution >= 4 is 17.1 Å². The van der Waals surface area contributed by atoms with Gasteiger partial charge in [-0.25, -0.2) is 0 Å². The fourth-order valence-electron chi connectivity index (χ4n) is 1.92. The van der Waals surface area contributed by atoms with Gasteiger partial charge in [-0.2, -0.15) is 18.3 Å². The summed E-state index contributed by atoms with van der Waals surface area (Å²) < 4.78 is 39.6. The zero-order valence-electron chi connectivity index (χ0n) is 13.5. The van der Waals surface area contributed by atoms with E-state index in [2.05, 4.69) is 5.10 Å². The summed E-state index contributed by atoms with van der Waals surface area (Å²) in [5, 5.41) is 5.60. The lowest BCUT2D eigenvalue weighted by atomic mass is 10.0. The first-order valence-corrected chi connectivity index (χ1v) is 7.40. The number of unbranched alkanes of at least 4 members (excludes halogenated alkanes) is 1. The maximum Gasteiger partial charge on any atom is 0.417 e. The van der Waals surface area contributed by atoms with Crippen molar-refractivity contribution in [2.75, 3.05) is 13.6 Å². The van der Waals surface area contributed by atoms with E-state index >= 15 is 0 Å². The Morgan fingerprint density at radius 1 is 1.26 bits per heavy atom. The number of hydrazone groups is 1. The zero-order valence-corrected chi connectivity index (χ0v) is 13.5. The maximum absolute atomic E-state index is 13.2. The van der Waals surface area contributed by atoms with Gasteiger partial charge in [-0.1, -0.05) is 43.7 Å². The highest BCUT2D eigenvalue weighted by atomic mass is 19.4. The van der Waals surface area contributed by atoms with Gasteiger partial charge in [0.25, 0.3) is 0 Å². The molecule has 0 spiro atoms. The molecule has 0 radical (unpaired) electrons. The molecule has 1 aromatic carbocycles. The molecule has 0 aliphatic rings. The SMILES string of the molecule is CCCCN(C)/N=C(\C)C(=O)/C=C(\c1ccccc1)C(F)(F)F. The molecule has 0 aliphatic carbocycles. The van der Waals surface area contributed by atoms with Gasteiger partial charge >= 0.3 is 6.18 Å². The van der Waals surface area contributed by atoms with Gasteiger partial charge in [0.2, 0.25) is 5.78 Å². The van der Waals surface area contributed by atoms with Gasteiger partial charge in [0.1, 0.15) is 5.71 Å². The van der Waals surface area contributed by atoms with Crippen LogP contribution >= 0.6 is 0 Å². The summed E-state index contributed by atoms with van der Waals surface area (Å²) in [6.45, 7) is 4.09. The molecule has 1 aromatic rings. The summed E-state index contributed by atoms with van der Waals surface area (Å²) in [7, 11) is 1.69. The molecule has 23 heavy (non-hydrogen) atoms. The number of benzene rings is 1. The number of carbonyl (C=O) groups is 1. The standard InChI is InChI=1S/C17H21F3N2O/c1-4-5-11-22(3)21-13(2)16(23)12-15(17(18,19)20)14-9-7-6-8-10-14/h6-10,12H,4-5,11H2,1-3H3/b15-12+,21-13+. The number of carbonyl (C=O) groups excluding carboxylic acids is 1. The van der Waals surface area contributed by atoms with Crippen molar-refractivity contribution in [3.8, 4) is 0 Å². The Morgan fingerprint density at radius 3 is 2.39 bits per heavy atom. The van der Waals surface area contributed by atoms with Crippen molar-refractivity contribution in [3.63, 3.8) is 0 Å². The Bertz CT molecular complexity index is 577. The Hall–Kier alpha value is -2.11. The lowest BCUT2D eigenvalue weighted by Gasteiger charge is -2.14. The molecular formula is C17H21F3N2O. The first-order valence-electron chi connectivity index (χ1n) is 7.40. The van der Waals surface area contributed by atoms with E-state index in [9.17, 15) is 18.0 Å². The molecule has 1 rings (SSSR count). The number of halogens is 3. The molecule has 0 heterocycles. The van der Waals surface area contributed by atoms with E-state index < -0.39 is 17.5 Å². The van der Waals surface area contributed by atoms with Gasteiger partial charge in [0.15, 0.2) is 0 Å². The molecule has 3 nitrogen and oxygen atoms in total. The van der Waals surface area contributed by atoms with Gasteiger partial charge in [-0.3, -0.25) is 9.80 Å². The van der Waals surface area contributed by atoms with Gasteiger partial charge < -0.3 is 0 Å². The quantitative estimate of drug-likeness (QED) is 0.425. The second-order valence-corrected chi connectivity index (χ2v) is 5.21. The van der Waals surface area contributed by atoms with Crippen LogP contribution in [0.4, 0.5) is 13.2 Å². The smallest absolute Gasteiger partial charge is 0.300 e. The van der Waals surface area contributed by atoms with E-state index in [1.165, 1.54) is 31.2 Å². The van der Waals surface area contributed by atoms with Crippen molar-refractivity contribution in [2.45, 2.75) is 32.9 Å².